The summed E-state index contributed by atoms with van der Waals surface area (Å²) in [6, 6.07) is 23.3. The fourth-order valence-electron chi connectivity index (χ4n) is 4.81. The van der Waals surface area contributed by atoms with Crippen molar-refractivity contribution in [2.75, 3.05) is 13.2 Å². The zero-order chi connectivity index (χ0) is 31.6. The fraction of sp³-hybridized carbons (Fsp3) is 0.364. The third kappa shape index (κ3) is 8.15. The lowest BCUT2D eigenvalue weighted by atomic mass is 9.82. The number of rotatable bonds is 13. The Balaban J connectivity index is 1.77. The van der Waals surface area contributed by atoms with Crippen LogP contribution in [0.5, 0.6) is 5.75 Å². The Hall–Kier alpha value is -4.86. The maximum absolute atomic E-state index is 14.3. The second kappa shape index (κ2) is 14.5. The summed E-state index contributed by atoms with van der Waals surface area (Å²) in [4.78, 5) is 35.1. The molecule has 0 radical (unpaired) electrons. The molecular formula is C33H37N5O6. The van der Waals surface area contributed by atoms with Crippen LogP contribution in [0.3, 0.4) is 0 Å². The number of aliphatic hydroxyl groups is 1. The van der Waals surface area contributed by atoms with Crippen LogP contribution >= 0.6 is 0 Å². The monoisotopic (exact) mass is 599 g/mol. The van der Waals surface area contributed by atoms with Crippen molar-refractivity contribution in [2.24, 2.45) is 10.1 Å². The summed E-state index contributed by atoms with van der Waals surface area (Å²) in [5.74, 6) is -0.151. The number of esters is 1. The van der Waals surface area contributed by atoms with Gasteiger partial charge in [0.1, 0.15) is 11.4 Å². The molecule has 0 aromatic heterocycles. The van der Waals surface area contributed by atoms with Crippen LogP contribution in [-0.4, -0.2) is 47.2 Å². The van der Waals surface area contributed by atoms with E-state index in [1.54, 1.807) is 69.3 Å². The highest BCUT2D eigenvalue weighted by molar-refractivity contribution is 6.01. The summed E-state index contributed by atoms with van der Waals surface area (Å²) in [7, 11) is 0. The number of benzene rings is 3. The number of carbonyl (C=O) groups excluding carboxylic acids is 2. The van der Waals surface area contributed by atoms with Crippen LogP contribution in [-0.2, 0) is 25.6 Å². The van der Waals surface area contributed by atoms with Gasteiger partial charge in [0.25, 0.3) is 5.91 Å². The first kappa shape index (κ1) is 32.1. The molecule has 1 amide bonds. The number of ether oxygens (including phenoxy) is 3. The number of nitrogens with one attached hydrogen (secondary N) is 1. The molecule has 1 heterocycles. The molecule has 11 nitrogen and oxygen atoms in total. The van der Waals surface area contributed by atoms with E-state index in [9.17, 15) is 15.1 Å². The minimum Gasteiger partial charge on any atom is -0.494 e. The second-order valence-electron chi connectivity index (χ2n) is 11.3. The van der Waals surface area contributed by atoms with E-state index in [4.69, 9.17) is 24.3 Å². The van der Waals surface area contributed by atoms with Gasteiger partial charge in [0.05, 0.1) is 6.61 Å². The predicted molar refractivity (Wildman–Crippen MR) is 165 cm³/mol. The lowest BCUT2D eigenvalue weighted by Crippen LogP contribution is -2.48. The Morgan fingerprint density at radius 2 is 1.77 bits per heavy atom. The molecule has 0 fully saturated rings. The van der Waals surface area contributed by atoms with Crippen LogP contribution in [0.15, 0.2) is 89.0 Å². The van der Waals surface area contributed by atoms with Crippen molar-refractivity contribution < 1.29 is 28.9 Å². The maximum atomic E-state index is 14.3. The largest absolute Gasteiger partial charge is 0.494 e. The molecule has 1 aliphatic heterocycles. The number of hydrogen-bond acceptors (Lipinski definition) is 8. The molecule has 0 saturated heterocycles. The van der Waals surface area contributed by atoms with Crippen molar-refractivity contribution in [3.8, 4) is 5.75 Å². The highest BCUT2D eigenvalue weighted by atomic mass is 16.6. The Morgan fingerprint density at radius 3 is 2.45 bits per heavy atom. The van der Waals surface area contributed by atoms with Crippen LogP contribution in [0.2, 0.25) is 0 Å². The number of aliphatic hydroxyl groups excluding tert-OH is 1. The third-order valence-electron chi connectivity index (χ3n) is 6.83. The molecule has 3 aromatic carbocycles. The molecule has 44 heavy (non-hydrogen) atoms. The van der Waals surface area contributed by atoms with E-state index in [0.29, 0.717) is 29.9 Å². The van der Waals surface area contributed by atoms with Gasteiger partial charge in [-0.3, -0.25) is 9.59 Å². The van der Waals surface area contributed by atoms with Gasteiger partial charge in [0.2, 0.25) is 5.90 Å². The Morgan fingerprint density at radius 1 is 1.07 bits per heavy atom. The van der Waals surface area contributed by atoms with Crippen LogP contribution in [0.4, 0.5) is 5.69 Å². The first-order valence-electron chi connectivity index (χ1n) is 14.4. The van der Waals surface area contributed by atoms with Gasteiger partial charge < -0.3 is 24.6 Å². The number of carbonyl (C=O) groups is 2. The van der Waals surface area contributed by atoms with Gasteiger partial charge in [-0.05, 0) is 62.6 Å². The minimum atomic E-state index is -1.61. The molecule has 2 atom stereocenters. The van der Waals surface area contributed by atoms with E-state index < -0.39 is 29.1 Å². The van der Waals surface area contributed by atoms with Gasteiger partial charge in [-0.15, -0.1) is 0 Å². The van der Waals surface area contributed by atoms with Crippen molar-refractivity contribution in [3.05, 3.63) is 106 Å². The molecule has 11 heteroatoms. The second-order valence-corrected chi connectivity index (χ2v) is 11.3. The van der Waals surface area contributed by atoms with Crippen LogP contribution in [0.25, 0.3) is 10.4 Å². The third-order valence-corrected chi connectivity index (χ3v) is 6.83. The van der Waals surface area contributed by atoms with Gasteiger partial charge in [-0.1, -0.05) is 59.7 Å². The minimum absolute atomic E-state index is 0.0269. The Labute approximate surface area is 256 Å². The number of azide groups is 1. The van der Waals surface area contributed by atoms with E-state index >= 15 is 0 Å². The summed E-state index contributed by atoms with van der Waals surface area (Å²) in [5.41, 5.74) is 9.15. The molecule has 0 aliphatic carbocycles. The average Bonchev–Trinajstić information content (AvgIpc) is 3.40. The lowest BCUT2D eigenvalue weighted by Gasteiger charge is -2.31. The molecule has 1 aliphatic rings. The summed E-state index contributed by atoms with van der Waals surface area (Å²) in [6.45, 7) is 5.94. The van der Waals surface area contributed by atoms with Crippen molar-refractivity contribution in [1.82, 2.24) is 5.32 Å². The number of nitrogens with zero attached hydrogens (tertiary/aromatic N) is 4. The summed E-state index contributed by atoms with van der Waals surface area (Å²) in [5, 5.41) is 15.9. The highest BCUT2D eigenvalue weighted by Gasteiger charge is 2.53. The van der Waals surface area contributed by atoms with Crippen molar-refractivity contribution in [3.63, 3.8) is 0 Å². The van der Waals surface area contributed by atoms with Gasteiger partial charge in [0, 0.05) is 47.7 Å². The van der Waals surface area contributed by atoms with Crippen molar-refractivity contribution in [1.29, 1.82) is 0 Å². The molecule has 4 rings (SSSR count). The predicted octanol–water partition coefficient (Wildman–Crippen LogP) is 6.08. The van der Waals surface area contributed by atoms with E-state index in [1.165, 1.54) is 0 Å². The lowest BCUT2D eigenvalue weighted by molar-refractivity contribution is -0.155. The van der Waals surface area contributed by atoms with Crippen LogP contribution < -0.4 is 10.1 Å². The Bertz CT molecular complexity index is 1510. The van der Waals surface area contributed by atoms with Gasteiger partial charge in [0.15, 0.2) is 11.6 Å². The molecule has 0 unspecified atom stereocenters. The van der Waals surface area contributed by atoms with Crippen LogP contribution in [0.1, 0.15) is 62.8 Å². The zero-order valence-electron chi connectivity index (χ0n) is 25.1. The molecule has 3 aromatic rings. The SMILES string of the molecule is CC(C)(C)OC(=O)CC[C@@]1(C(=O)NCc2ccccc2)N=C(c2ccc(OCCCO)cc2)O[C@@H]1c1ccccc1N=[N+]=[N-]. The Kier molecular flexibility index (Phi) is 10.6. The zero-order valence-corrected chi connectivity index (χ0v) is 25.1. The fourth-order valence-corrected chi connectivity index (χ4v) is 4.81. The van der Waals surface area contributed by atoms with Crippen molar-refractivity contribution >= 4 is 23.5 Å². The maximum Gasteiger partial charge on any atom is 0.306 e. The quantitative estimate of drug-likeness (QED) is 0.0797. The number of aliphatic imine (C=N–C) groups is 1. The van der Waals surface area contributed by atoms with E-state index in [2.05, 4.69) is 15.3 Å². The highest BCUT2D eigenvalue weighted by Crippen LogP contribution is 2.46. The smallest absolute Gasteiger partial charge is 0.306 e. The number of hydrogen-bond donors (Lipinski definition) is 2. The van der Waals surface area contributed by atoms with Crippen molar-refractivity contribution in [2.45, 2.75) is 63.8 Å². The summed E-state index contributed by atoms with van der Waals surface area (Å²) in [6.07, 6.45) is -0.683. The normalized spacial score (nSPS) is 17.5. The van der Waals surface area contributed by atoms with Crippen LogP contribution in [0, 0.1) is 0 Å². The topological polar surface area (TPSA) is 155 Å². The van der Waals surface area contributed by atoms with Gasteiger partial charge in [-0.2, -0.15) is 0 Å². The van der Waals surface area contributed by atoms with E-state index in [0.717, 1.165) is 5.56 Å². The summed E-state index contributed by atoms with van der Waals surface area (Å²) < 4.78 is 17.7. The van der Waals surface area contributed by atoms with E-state index in [-0.39, 0.29) is 37.6 Å². The molecule has 0 spiro atoms. The van der Waals surface area contributed by atoms with Gasteiger partial charge in [-0.25, -0.2) is 4.99 Å². The van der Waals surface area contributed by atoms with E-state index in [1.807, 2.05) is 30.3 Å². The molecule has 0 bridgehead atoms. The first-order valence-corrected chi connectivity index (χ1v) is 14.4. The molecular weight excluding hydrogens is 562 g/mol. The standard InChI is InChI=1S/C33H37N5O6/c1-32(2,3)44-28(40)18-19-33(31(41)35-22-23-10-5-4-6-11-23)29(26-12-7-8-13-27(26)37-38-34)43-30(36-33)24-14-16-25(17-15-24)42-21-9-20-39/h4-8,10-17,29,39H,9,18-22H2,1-3H3,(H,35,41)/t29-,33-/m1/s1. The number of amides is 1. The first-order chi connectivity index (χ1) is 21.1. The molecule has 0 saturated carbocycles. The molecule has 2 N–H and O–H groups in total. The van der Waals surface area contributed by atoms with Gasteiger partial charge >= 0.3 is 5.97 Å². The average molecular weight is 600 g/mol. The molecule has 230 valence electrons. The summed E-state index contributed by atoms with van der Waals surface area (Å²) >= 11 is 0.